The minimum Gasteiger partial charge on any atom is -0.364 e. The summed E-state index contributed by atoms with van der Waals surface area (Å²) in [6.45, 7) is 4.43. The maximum absolute atomic E-state index is 3.65. The number of hydrogen-bond donors (Lipinski definition) is 2. The molecule has 0 radical (unpaired) electrons. The van der Waals surface area contributed by atoms with Crippen LogP contribution in [0.15, 0.2) is 48.7 Å². The van der Waals surface area contributed by atoms with E-state index in [0.717, 1.165) is 13.1 Å². The first-order valence-corrected chi connectivity index (χ1v) is 7.52. The summed E-state index contributed by atoms with van der Waals surface area (Å²) in [6.07, 6.45) is 4.47. The smallest absolute Gasteiger partial charge is 0.0359 e. The number of rotatable bonds is 5. The Bertz CT molecular complexity index is 484. The van der Waals surface area contributed by atoms with Crippen molar-refractivity contribution >= 4 is 0 Å². The summed E-state index contributed by atoms with van der Waals surface area (Å²) in [4.78, 5) is 5.80. The molecule has 3 nitrogen and oxygen atoms in total. The SMILES string of the molecule is c1ccc(CN2CCC(NCc3ccc[nH]3)CC2)cc1. The van der Waals surface area contributed by atoms with Crippen LogP contribution in [0.1, 0.15) is 24.1 Å². The lowest BCUT2D eigenvalue weighted by atomic mass is 10.0. The summed E-state index contributed by atoms with van der Waals surface area (Å²) < 4.78 is 0. The van der Waals surface area contributed by atoms with Crippen molar-refractivity contribution < 1.29 is 0 Å². The summed E-state index contributed by atoms with van der Waals surface area (Å²) in [5, 5.41) is 3.65. The van der Waals surface area contributed by atoms with Crippen molar-refractivity contribution in [2.24, 2.45) is 0 Å². The Balaban J connectivity index is 1.40. The Hall–Kier alpha value is -1.58. The molecule has 2 N–H and O–H groups in total. The quantitative estimate of drug-likeness (QED) is 0.874. The highest BCUT2D eigenvalue weighted by atomic mass is 15.1. The lowest BCUT2D eigenvalue weighted by molar-refractivity contribution is 0.190. The van der Waals surface area contributed by atoms with E-state index in [1.54, 1.807) is 0 Å². The first-order chi connectivity index (χ1) is 9.90. The highest BCUT2D eigenvalue weighted by molar-refractivity contribution is 5.14. The average Bonchev–Trinajstić information content (AvgIpc) is 3.01. The van der Waals surface area contributed by atoms with Gasteiger partial charge in [-0.3, -0.25) is 4.90 Å². The van der Waals surface area contributed by atoms with Crippen LogP contribution in [-0.4, -0.2) is 29.0 Å². The van der Waals surface area contributed by atoms with Crippen LogP contribution < -0.4 is 5.32 Å². The Morgan fingerprint density at radius 1 is 1.05 bits per heavy atom. The largest absolute Gasteiger partial charge is 0.364 e. The second-order valence-electron chi connectivity index (χ2n) is 5.61. The number of aromatic amines is 1. The molecule has 1 aromatic heterocycles. The first-order valence-electron chi connectivity index (χ1n) is 7.52. The molecule has 106 valence electrons. The van der Waals surface area contributed by atoms with E-state index in [2.05, 4.69) is 57.7 Å². The van der Waals surface area contributed by atoms with Crippen molar-refractivity contribution in [3.05, 3.63) is 59.9 Å². The number of aromatic nitrogens is 1. The molecule has 0 amide bonds. The normalized spacial score (nSPS) is 17.4. The highest BCUT2D eigenvalue weighted by Gasteiger charge is 2.18. The molecule has 1 aromatic carbocycles. The standard InChI is InChI=1S/C17H23N3/c1-2-5-15(6-3-1)14-20-11-8-16(9-12-20)19-13-17-7-4-10-18-17/h1-7,10,16,18-19H,8-9,11-14H2. The van der Waals surface area contributed by atoms with Gasteiger partial charge >= 0.3 is 0 Å². The van der Waals surface area contributed by atoms with E-state index in [0.29, 0.717) is 6.04 Å². The van der Waals surface area contributed by atoms with Crippen LogP contribution in [0.2, 0.25) is 0 Å². The summed E-state index contributed by atoms with van der Waals surface area (Å²) in [7, 11) is 0. The third-order valence-electron chi connectivity index (χ3n) is 4.08. The number of piperidine rings is 1. The van der Waals surface area contributed by atoms with Gasteiger partial charge in [-0.15, -0.1) is 0 Å². The molecule has 2 aromatic rings. The lowest BCUT2D eigenvalue weighted by Gasteiger charge is -2.32. The van der Waals surface area contributed by atoms with E-state index in [9.17, 15) is 0 Å². The molecule has 0 atom stereocenters. The number of nitrogens with zero attached hydrogens (tertiary/aromatic N) is 1. The van der Waals surface area contributed by atoms with E-state index in [4.69, 9.17) is 0 Å². The van der Waals surface area contributed by atoms with Crippen LogP contribution in [0.3, 0.4) is 0 Å². The fourth-order valence-corrected chi connectivity index (χ4v) is 2.87. The van der Waals surface area contributed by atoms with Crippen molar-refractivity contribution in [1.82, 2.24) is 15.2 Å². The zero-order valence-electron chi connectivity index (χ0n) is 11.9. The second kappa shape index (κ2) is 6.73. The fourth-order valence-electron chi connectivity index (χ4n) is 2.87. The van der Waals surface area contributed by atoms with Crippen LogP contribution in [0.4, 0.5) is 0 Å². The van der Waals surface area contributed by atoms with Gasteiger partial charge < -0.3 is 10.3 Å². The maximum atomic E-state index is 3.65. The number of H-pyrrole nitrogens is 1. The summed E-state index contributed by atoms with van der Waals surface area (Å²) in [5.74, 6) is 0. The van der Waals surface area contributed by atoms with Crippen LogP contribution in [0.5, 0.6) is 0 Å². The zero-order chi connectivity index (χ0) is 13.6. The van der Waals surface area contributed by atoms with Gasteiger partial charge in [0.2, 0.25) is 0 Å². The first kappa shape index (κ1) is 13.4. The predicted molar refractivity (Wildman–Crippen MR) is 82.4 cm³/mol. The summed E-state index contributed by atoms with van der Waals surface area (Å²) in [5.41, 5.74) is 2.70. The van der Waals surface area contributed by atoms with E-state index in [1.165, 1.54) is 37.2 Å². The van der Waals surface area contributed by atoms with E-state index < -0.39 is 0 Å². The summed E-state index contributed by atoms with van der Waals surface area (Å²) >= 11 is 0. The van der Waals surface area contributed by atoms with E-state index >= 15 is 0 Å². The number of benzene rings is 1. The number of likely N-dealkylation sites (tertiary alicyclic amines) is 1. The highest BCUT2D eigenvalue weighted by Crippen LogP contribution is 2.14. The molecule has 2 heterocycles. The molecular weight excluding hydrogens is 246 g/mol. The van der Waals surface area contributed by atoms with Gasteiger partial charge in [-0.1, -0.05) is 30.3 Å². The molecule has 1 aliphatic rings. The Kier molecular flexibility index (Phi) is 4.51. The topological polar surface area (TPSA) is 31.1 Å². The van der Waals surface area contributed by atoms with Crippen molar-refractivity contribution in [2.45, 2.75) is 32.0 Å². The molecule has 1 aliphatic heterocycles. The van der Waals surface area contributed by atoms with Gasteiger partial charge in [-0.25, -0.2) is 0 Å². The molecule has 1 fully saturated rings. The second-order valence-corrected chi connectivity index (χ2v) is 5.61. The lowest BCUT2D eigenvalue weighted by Crippen LogP contribution is -2.41. The molecule has 0 saturated carbocycles. The Morgan fingerprint density at radius 3 is 2.55 bits per heavy atom. The van der Waals surface area contributed by atoms with Gasteiger partial charge in [0.05, 0.1) is 0 Å². The van der Waals surface area contributed by atoms with Crippen LogP contribution in [-0.2, 0) is 13.1 Å². The van der Waals surface area contributed by atoms with Gasteiger partial charge in [-0.05, 0) is 43.6 Å². The van der Waals surface area contributed by atoms with Gasteiger partial charge in [0.15, 0.2) is 0 Å². The van der Waals surface area contributed by atoms with Crippen molar-refractivity contribution in [3.8, 4) is 0 Å². The van der Waals surface area contributed by atoms with E-state index in [1.807, 2.05) is 6.20 Å². The van der Waals surface area contributed by atoms with Crippen LogP contribution >= 0.6 is 0 Å². The molecule has 0 unspecified atom stereocenters. The molecule has 3 rings (SSSR count). The zero-order valence-corrected chi connectivity index (χ0v) is 11.9. The van der Waals surface area contributed by atoms with Crippen LogP contribution in [0.25, 0.3) is 0 Å². The Labute approximate surface area is 121 Å². The molecule has 0 spiro atoms. The maximum Gasteiger partial charge on any atom is 0.0359 e. The van der Waals surface area contributed by atoms with Crippen molar-refractivity contribution in [3.63, 3.8) is 0 Å². The average molecular weight is 269 g/mol. The Morgan fingerprint density at radius 2 is 1.85 bits per heavy atom. The monoisotopic (exact) mass is 269 g/mol. The van der Waals surface area contributed by atoms with Gasteiger partial charge in [0.25, 0.3) is 0 Å². The minimum absolute atomic E-state index is 0.658. The van der Waals surface area contributed by atoms with E-state index in [-0.39, 0.29) is 0 Å². The third kappa shape index (κ3) is 3.71. The molecular formula is C17H23N3. The molecule has 1 saturated heterocycles. The minimum atomic E-state index is 0.658. The van der Waals surface area contributed by atoms with Gasteiger partial charge in [0.1, 0.15) is 0 Å². The van der Waals surface area contributed by atoms with Crippen LogP contribution in [0, 0.1) is 0 Å². The molecule has 0 aliphatic carbocycles. The molecule has 0 bridgehead atoms. The van der Waals surface area contributed by atoms with Gasteiger partial charge in [0, 0.05) is 31.0 Å². The van der Waals surface area contributed by atoms with Crippen molar-refractivity contribution in [1.29, 1.82) is 0 Å². The third-order valence-corrected chi connectivity index (χ3v) is 4.08. The van der Waals surface area contributed by atoms with Crippen molar-refractivity contribution in [2.75, 3.05) is 13.1 Å². The molecule has 20 heavy (non-hydrogen) atoms. The fraction of sp³-hybridized carbons (Fsp3) is 0.412. The summed E-state index contributed by atoms with van der Waals surface area (Å²) in [6, 6.07) is 15.6. The predicted octanol–water partition coefficient (Wildman–Crippen LogP) is 2.77. The molecule has 3 heteroatoms. The number of nitrogens with one attached hydrogen (secondary N) is 2. The number of hydrogen-bond acceptors (Lipinski definition) is 2. The van der Waals surface area contributed by atoms with Gasteiger partial charge in [-0.2, -0.15) is 0 Å².